The van der Waals surface area contributed by atoms with Crippen LogP contribution in [0.2, 0.25) is 0 Å². The Kier molecular flexibility index (Phi) is 10.6. The number of hydrogen-bond acceptors (Lipinski definition) is 3. The van der Waals surface area contributed by atoms with Gasteiger partial charge >= 0.3 is 0 Å². The third kappa shape index (κ3) is 9.63. The molecule has 0 spiro atoms. The number of carbonyl (C=O) groups is 2. The van der Waals surface area contributed by atoms with Gasteiger partial charge in [0.15, 0.2) is 5.96 Å². The van der Waals surface area contributed by atoms with E-state index < -0.39 is 5.91 Å². The molecule has 1 rings (SSSR count). The minimum Gasteiger partial charge on any atom is -0.368 e. The zero-order chi connectivity index (χ0) is 20.1. The highest BCUT2D eigenvalue weighted by molar-refractivity contribution is 5.96. The maximum Gasteiger partial charge on any atom is 0.251 e. The molecule has 7 nitrogen and oxygen atoms in total. The van der Waals surface area contributed by atoms with Crippen molar-refractivity contribution in [3.05, 3.63) is 35.4 Å². The third-order valence-corrected chi connectivity index (χ3v) is 4.03. The van der Waals surface area contributed by atoms with Gasteiger partial charge in [0.25, 0.3) is 5.91 Å². The molecular formula is C20H33N5O2. The van der Waals surface area contributed by atoms with Crippen LogP contribution in [-0.2, 0) is 11.3 Å². The largest absolute Gasteiger partial charge is 0.368 e. The smallest absolute Gasteiger partial charge is 0.251 e. The molecule has 0 saturated heterocycles. The minimum atomic E-state index is -0.568. The van der Waals surface area contributed by atoms with Crippen LogP contribution in [-0.4, -0.2) is 36.9 Å². The normalized spacial score (nSPS) is 12.3. The van der Waals surface area contributed by atoms with Gasteiger partial charge in [0, 0.05) is 18.2 Å². The van der Waals surface area contributed by atoms with Crippen molar-refractivity contribution >= 4 is 17.8 Å². The van der Waals surface area contributed by atoms with E-state index in [-0.39, 0.29) is 12.5 Å². The molecule has 150 valence electrons. The Morgan fingerprint density at radius 1 is 1.11 bits per heavy atom. The van der Waals surface area contributed by atoms with E-state index >= 15 is 0 Å². The molecule has 0 saturated carbocycles. The van der Waals surface area contributed by atoms with E-state index in [1.165, 1.54) is 19.3 Å². The molecule has 27 heavy (non-hydrogen) atoms. The molecule has 0 radical (unpaired) electrons. The Bertz CT molecular complexity index is 613. The molecule has 0 heterocycles. The van der Waals surface area contributed by atoms with Crippen LogP contribution in [0.4, 0.5) is 0 Å². The van der Waals surface area contributed by atoms with Crippen molar-refractivity contribution in [1.82, 2.24) is 16.0 Å². The second kappa shape index (κ2) is 12.7. The van der Waals surface area contributed by atoms with Crippen molar-refractivity contribution < 1.29 is 9.59 Å². The van der Waals surface area contributed by atoms with Crippen LogP contribution in [0.1, 0.15) is 62.4 Å². The first-order valence-electron chi connectivity index (χ1n) is 9.66. The number of benzene rings is 1. The summed E-state index contributed by atoms with van der Waals surface area (Å²) in [5, 5.41) is 9.16. The van der Waals surface area contributed by atoms with Crippen LogP contribution in [0.3, 0.4) is 0 Å². The SMILES string of the molecule is CCCCCC(C)NC(=NCc1ccc(C(=O)NCC(N)=O)cc1)NCC. The minimum absolute atomic E-state index is 0.168. The summed E-state index contributed by atoms with van der Waals surface area (Å²) in [7, 11) is 0. The van der Waals surface area contributed by atoms with E-state index in [1.54, 1.807) is 12.1 Å². The lowest BCUT2D eigenvalue weighted by Gasteiger charge is -2.17. The van der Waals surface area contributed by atoms with Crippen molar-refractivity contribution in [3.8, 4) is 0 Å². The summed E-state index contributed by atoms with van der Waals surface area (Å²) in [5.74, 6) is -0.0915. The summed E-state index contributed by atoms with van der Waals surface area (Å²) in [4.78, 5) is 27.2. The number of primary amides is 1. The predicted octanol–water partition coefficient (Wildman–Crippen LogP) is 1.93. The molecule has 0 aromatic heterocycles. The van der Waals surface area contributed by atoms with E-state index in [4.69, 9.17) is 5.73 Å². The molecule has 5 N–H and O–H groups in total. The quantitative estimate of drug-likeness (QED) is 0.269. The van der Waals surface area contributed by atoms with Gasteiger partial charge in [0.05, 0.1) is 13.1 Å². The van der Waals surface area contributed by atoms with Crippen molar-refractivity contribution in [3.63, 3.8) is 0 Å². The summed E-state index contributed by atoms with van der Waals surface area (Å²) in [5.41, 5.74) is 6.51. The fraction of sp³-hybridized carbons (Fsp3) is 0.550. The van der Waals surface area contributed by atoms with Gasteiger partial charge < -0.3 is 21.7 Å². The second-order valence-corrected chi connectivity index (χ2v) is 6.58. The Hall–Kier alpha value is -2.57. The Labute approximate surface area is 162 Å². The first kappa shape index (κ1) is 22.5. The Balaban J connectivity index is 2.60. The van der Waals surface area contributed by atoms with Crippen LogP contribution in [0, 0.1) is 0 Å². The van der Waals surface area contributed by atoms with Gasteiger partial charge in [-0.3, -0.25) is 9.59 Å². The molecule has 0 aliphatic carbocycles. The third-order valence-electron chi connectivity index (χ3n) is 4.03. The van der Waals surface area contributed by atoms with E-state index in [0.29, 0.717) is 18.2 Å². The predicted molar refractivity (Wildman–Crippen MR) is 110 cm³/mol. The average molecular weight is 376 g/mol. The number of carbonyl (C=O) groups excluding carboxylic acids is 2. The summed E-state index contributed by atoms with van der Waals surface area (Å²) < 4.78 is 0. The fourth-order valence-corrected chi connectivity index (χ4v) is 2.53. The number of hydrogen-bond donors (Lipinski definition) is 4. The molecule has 7 heteroatoms. The standard InChI is InChI=1S/C20H33N5O2/c1-4-6-7-8-15(3)25-20(22-5-2)24-13-16-9-11-17(12-10-16)19(27)23-14-18(21)26/h9-12,15H,4-8,13-14H2,1-3H3,(H2,21,26)(H,23,27)(H2,22,24,25). The van der Waals surface area contributed by atoms with E-state index in [2.05, 4.69) is 34.8 Å². The van der Waals surface area contributed by atoms with Crippen molar-refractivity contribution in [1.29, 1.82) is 0 Å². The maximum atomic E-state index is 11.9. The lowest BCUT2D eigenvalue weighted by molar-refractivity contribution is -0.117. The number of unbranched alkanes of at least 4 members (excludes halogenated alkanes) is 2. The number of rotatable bonds is 11. The summed E-state index contributed by atoms with van der Waals surface area (Å²) in [6, 6.07) is 7.52. The van der Waals surface area contributed by atoms with Gasteiger partial charge in [-0.2, -0.15) is 0 Å². The van der Waals surface area contributed by atoms with Crippen LogP contribution in [0.15, 0.2) is 29.3 Å². The highest BCUT2D eigenvalue weighted by Crippen LogP contribution is 2.06. The molecular weight excluding hydrogens is 342 g/mol. The lowest BCUT2D eigenvalue weighted by atomic mass is 10.1. The van der Waals surface area contributed by atoms with Crippen LogP contribution in [0.5, 0.6) is 0 Å². The maximum absolute atomic E-state index is 11.9. The molecule has 1 atom stereocenters. The van der Waals surface area contributed by atoms with Gasteiger partial charge in [-0.1, -0.05) is 38.3 Å². The Morgan fingerprint density at radius 3 is 2.41 bits per heavy atom. The van der Waals surface area contributed by atoms with Crippen LogP contribution < -0.4 is 21.7 Å². The molecule has 1 aromatic carbocycles. The van der Waals surface area contributed by atoms with Crippen molar-refractivity contribution in [2.45, 2.75) is 59.0 Å². The van der Waals surface area contributed by atoms with Gasteiger partial charge in [-0.05, 0) is 38.0 Å². The second-order valence-electron chi connectivity index (χ2n) is 6.58. The molecule has 0 aliphatic heterocycles. The number of amides is 2. The van der Waals surface area contributed by atoms with Gasteiger partial charge in [-0.15, -0.1) is 0 Å². The number of aliphatic imine (C=N–C) groups is 1. The molecule has 2 amide bonds. The molecule has 0 aliphatic rings. The van der Waals surface area contributed by atoms with E-state index in [0.717, 1.165) is 24.5 Å². The van der Waals surface area contributed by atoms with Gasteiger partial charge in [0.1, 0.15) is 0 Å². The van der Waals surface area contributed by atoms with Gasteiger partial charge in [0.2, 0.25) is 5.91 Å². The summed E-state index contributed by atoms with van der Waals surface area (Å²) in [6.45, 7) is 7.56. The molecule has 0 bridgehead atoms. The summed E-state index contributed by atoms with van der Waals surface area (Å²) >= 11 is 0. The highest BCUT2D eigenvalue weighted by Gasteiger charge is 2.07. The van der Waals surface area contributed by atoms with Gasteiger partial charge in [-0.25, -0.2) is 4.99 Å². The first-order chi connectivity index (χ1) is 13.0. The lowest BCUT2D eigenvalue weighted by Crippen LogP contribution is -2.42. The zero-order valence-corrected chi connectivity index (χ0v) is 16.7. The van der Waals surface area contributed by atoms with E-state index in [9.17, 15) is 9.59 Å². The average Bonchev–Trinajstić information content (AvgIpc) is 2.65. The first-order valence-corrected chi connectivity index (χ1v) is 9.66. The summed E-state index contributed by atoms with van der Waals surface area (Å²) in [6.07, 6.45) is 4.80. The van der Waals surface area contributed by atoms with Crippen LogP contribution >= 0.6 is 0 Å². The highest BCUT2D eigenvalue weighted by atomic mass is 16.2. The van der Waals surface area contributed by atoms with Crippen molar-refractivity contribution in [2.24, 2.45) is 10.7 Å². The Morgan fingerprint density at radius 2 is 1.81 bits per heavy atom. The molecule has 0 fully saturated rings. The molecule has 1 unspecified atom stereocenters. The fourth-order valence-electron chi connectivity index (χ4n) is 2.53. The number of nitrogens with one attached hydrogen (secondary N) is 3. The topological polar surface area (TPSA) is 109 Å². The van der Waals surface area contributed by atoms with Crippen LogP contribution in [0.25, 0.3) is 0 Å². The number of guanidine groups is 1. The number of nitrogens with zero attached hydrogens (tertiary/aromatic N) is 1. The molecule has 1 aromatic rings. The van der Waals surface area contributed by atoms with E-state index in [1.807, 2.05) is 19.1 Å². The zero-order valence-electron chi connectivity index (χ0n) is 16.7. The monoisotopic (exact) mass is 375 g/mol. The van der Waals surface area contributed by atoms with Crippen molar-refractivity contribution in [2.75, 3.05) is 13.1 Å². The number of nitrogens with two attached hydrogens (primary N) is 1.